The summed E-state index contributed by atoms with van der Waals surface area (Å²) >= 11 is 1.19. The van der Waals surface area contributed by atoms with E-state index in [1.54, 1.807) is 12.1 Å². The number of hydrazone groups is 1. The second-order valence-electron chi connectivity index (χ2n) is 7.59. The van der Waals surface area contributed by atoms with Gasteiger partial charge in [0.2, 0.25) is 5.91 Å². The van der Waals surface area contributed by atoms with Crippen LogP contribution in [0.1, 0.15) is 42.9 Å². The summed E-state index contributed by atoms with van der Waals surface area (Å²) in [6, 6.07) is 7.96. The number of carbonyl (C=O) groups is 1. The molecular formula is C22H22F3N3OS. The van der Waals surface area contributed by atoms with Crippen molar-refractivity contribution in [1.82, 2.24) is 5.01 Å². The van der Waals surface area contributed by atoms with E-state index in [-0.39, 0.29) is 28.2 Å². The molecule has 1 amide bonds. The molecule has 158 valence electrons. The Morgan fingerprint density at radius 2 is 2.07 bits per heavy atom. The molecule has 0 saturated heterocycles. The highest BCUT2D eigenvalue weighted by atomic mass is 32.2. The van der Waals surface area contributed by atoms with Crippen LogP contribution >= 0.6 is 11.8 Å². The maximum atomic E-state index is 14.8. The van der Waals surface area contributed by atoms with Gasteiger partial charge in [-0.15, -0.1) is 0 Å². The smallest absolute Gasteiger partial charge is 0.241 e. The van der Waals surface area contributed by atoms with Crippen molar-refractivity contribution in [3.63, 3.8) is 0 Å². The van der Waals surface area contributed by atoms with Gasteiger partial charge in [0.15, 0.2) is 0 Å². The molecule has 30 heavy (non-hydrogen) atoms. The van der Waals surface area contributed by atoms with Gasteiger partial charge in [-0.1, -0.05) is 23.9 Å². The quantitative estimate of drug-likeness (QED) is 0.775. The number of carbonyl (C=O) groups excluding carboxylic acids is 1. The first-order valence-corrected chi connectivity index (χ1v) is 10.7. The van der Waals surface area contributed by atoms with Gasteiger partial charge in [0.25, 0.3) is 0 Å². The SMILES string of the molecule is CC(=O)N1N=C(c2cc(F)ccc2F)S[C@]12c1cccc(F)c1CCC[C@H]2CCN. The number of benzene rings is 2. The summed E-state index contributed by atoms with van der Waals surface area (Å²) in [7, 11) is 0. The van der Waals surface area contributed by atoms with E-state index >= 15 is 0 Å². The lowest BCUT2D eigenvalue weighted by Gasteiger charge is -2.41. The predicted molar refractivity (Wildman–Crippen MR) is 111 cm³/mol. The molecule has 1 aliphatic heterocycles. The predicted octanol–water partition coefficient (Wildman–Crippen LogP) is 4.52. The van der Waals surface area contributed by atoms with Crippen LogP contribution in [-0.4, -0.2) is 22.5 Å². The fraction of sp³-hybridized carbons (Fsp3) is 0.364. The topological polar surface area (TPSA) is 58.7 Å². The normalized spacial score (nSPS) is 23.3. The number of hydrogen-bond donors (Lipinski definition) is 1. The molecule has 0 radical (unpaired) electrons. The summed E-state index contributed by atoms with van der Waals surface area (Å²) in [5.74, 6) is -2.05. The minimum atomic E-state index is -1.06. The van der Waals surface area contributed by atoms with Crippen LogP contribution in [0.15, 0.2) is 41.5 Å². The minimum absolute atomic E-state index is 0.0168. The summed E-state index contributed by atoms with van der Waals surface area (Å²) in [4.78, 5) is 11.7. The molecule has 2 aromatic carbocycles. The number of nitrogens with two attached hydrogens (primary N) is 1. The Hall–Kier alpha value is -2.32. The number of rotatable bonds is 3. The molecule has 2 N–H and O–H groups in total. The summed E-state index contributed by atoms with van der Waals surface area (Å²) in [5.41, 5.74) is 7.05. The lowest BCUT2D eigenvalue weighted by atomic mass is 9.86. The van der Waals surface area contributed by atoms with Gasteiger partial charge in [-0.25, -0.2) is 18.2 Å². The van der Waals surface area contributed by atoms with Crippen LogP contribution in [0, 0.1) is 23.4 Å². The van der Waals surface area contributed by atoms with E-state index < -0.39 is 16.5 Å². The number of thioether (sulfide) groups is 1. The second-order valence-corrected chi connectivity index (χ2v) is 8.80. The van der Waals surface area contributed by atoms with Crippen molar-refractivity contribution in [2.24, 2.45) is 16.8 Å². The molecule has 0 saturated carbocycles. The summed E-state index contributed by atoms with van der Waals surface area (Å²) < 4.78 is 43.2. The van der Waals surface area contributed by atoms with Gasteiger partial charge in [-0.2, -0.15) is 5.10 Å². The highest BCUT2D eigenvalue weighted by Gasteiger charge is 2.54. The molecule has 0 bridgehead atoms. The Kier molecular flexibility index (Phi) is 5.63. The molecule has 0 fully saturated rings. The molecule has 0 unspecified atom stereocenters. The second kappa shape index (κ2) is 8.07. The zero-order valence-electron chi connectivity index (χ0n) is 16.5. The highest BCUT2D eigenvalue weighted by molar-refractivity contribution is 8.15. The third kappa shape index (κ3) is 3.32. The number of nitrogens with zero attached hydrogens (tertiary/aromatic N) is 2. The van der Waals surface area contributed by atoms with Gasteiger partial charge in [-0.3, -0.25) is 4.79 Å². The van der Waals surface area contributed by atoms with Crippen LogP contribution in [0.3, 0.4) is 0 Å². The van der Waals surface area contributed by atoms with Crippen LogP contribution in [0.5, 0.6) is 0 Å². The van der Waals surface area contributed by atoms with Crippen LogP contribution in [0.25, 0.3) is 0 Å². The third-order valence-electron chi connectivity index (χ3n) is 5.77. The van der Waals surface area contributed by atoms with Gasteiger partial charge < -0.3 is 5.73 Å². The number of hydrogen-bond acceptors (Lipinski definition) is 4. The molecule has 1 spiro atoms. The Morgan fingerprint density at radius 1 is 1.27 bits per heavy atom. The average molecular weight is 433 g/mol. The van der Waals surface area contributed by atoms with Crippen molar-refractivity contribution in [1.29, 1.82) is 0 Å². The van der Waals surface area contributed by atoms with Crippen LogP contribution in [-0.2, 0) is 16.1 Å². The van der Waals surface area contributed by atoms with Crippen molar-refractivity contribution in [2.75, 3.05) is 6.54 Å². The lowest BCUT2D eigenvalue weighted by molar-refractivity contribution is -0.133. The fourth-order valence-corrected chi connectivity index (χ4v) is 6.15. The zero-order valence-corrected chi connectivity index (χ0v) is 17.3. The van der Waals surface area contributed by atoms with Crippen molar-refractivity contribution in [3.8, 4) is 0 Å². The van der Waals surface area contributed by atoms with Crippen molar-refractivity contribution < 1.29 is 18.0 Å². The van der Waals surface area contributed by atoms with E-state index in [0.29, 0.717) is 36.9 Å². The maximum absolute atomic E-state index is 14.8. The summed E-state index contributed by atoms with van der Waals surface area (Å²) in [5, 5.41) is 5.95. The summed E-state index contributed by atoms with van der Waals surface area (Å²) in [6.45, 7) is 1.76. The van der Waals surface area contributed by atoms with Gasteiger partial charge in [0.05, 0.1) is 0 Å². The van der Waals surface area contributed by atoms with Gasteiger partial charge in [-0.05, 0) is 73.5 Å². The fourth-order valence-electron chi connectivity index (χ4n) is 4.51. The first kappa shape index (κ1) is 20.9. The Morgan fingerprint density at radius 3 is 2.80 bits per heavy atom. The lowest BCUT2D eigenvalue weighted by Crippen LogP contribution is -2.46. The molecule has 2 aromatic rings. The monoisotopic (exact) mass is 433 g/mol. The minimum Gasteiger partial charge on any atom is -0.330 e. The Balaban J connectivity index is 1.94. The molecule has 4 nitrogen and oxygen atoms in total. The third-order valence-corrected chi connectivity index (χ3v) is 7.30. The molecule has 1 heterocycles. The molecule has 2 aliphatic rings. The zero-order chi connectivity index (χ0) is 21.5. The van der Waals surface area contributed by atoms with Crippen molar-refractivity contribution in [2.45, 2.75) is 37.5 Å². The van der Waals surface area contributed by atoms with Crippen LogP contribution in [0.2, 0.25) is 0 Å². The molecule has 4 rings (SSSR count). The standard InChI is InChI=1S/C22H22F3N3OS/c1-13(29)28-22(30-21(27-28)17-12-15(23)8-9-20(17)25)14(10-11-26)4-2-5-16-18(22)6-3-7-19(16)24/h3,6-9,12,14H,2,4-5,10-11,26H2,1H3/t14-,22+/m0/s1. The van der Waals surface area contributed by atoms with Crippen LogP contribution in [0.4, 0.5) is 13.2 Å². The van der Waals surface area contributed by atoms with E-state index in [0.717, 1.165) is 24.6 Å². The van der Waals surface area contributed by atoms with Gasteiger partial charge in [0.1, 0.15) is 27.4 Å². The number of fused-ring (bicyclic) bond motifs is 2. The Bertz CT molecular complexity index is 1030. The molecule has 0 aromatic heterocycles. The van der Waals surface area contributed by atoms with Gasteiger partial charge >= 0.3 is 0 Å². The first-order chi connectivity index (χ1) is 14.4. The maximum Gasteiger partial charge on any atom is 0.241 e. The van der Waals surface area contributed by atoms with E-state index in [4.69, 9.17) is 5.73 Å². The average Bonchev–Trinajstić information content (AvgIpc) is 3.04. The Labute approximate surface area is 177 Å². The van der Waals surface area contributed by atoms with Crippen molar-refractivity contribution in [3.05, 3.63) is 70.5 Å². The van der Waals surface area contributed by atoms with E-state index in [9.17, 15) is 18.0 Å². The van der Waals surface area contributed by atoms with E-state index in [1.807, 2.05) is 0 Å². The molecule has 8 heteroatoms. The number of halogens is 3. The first-order valence-electron chi connectivity index (χ1n) is 9.90. The van der Waals surface area contributed by atoms with E-state index in [2.05, 4.69) is 5.10 Å². The molecule has 2 atom stereocenters. The summed E-state index contributed by atoms with van der Waals surface area (Å²) in [6.07, 6.45) is 2.55. The highest BCUT2D eigenvalue weighted by Crippen LogP contribution is 2.56. The molecule has 1 aliphatic carbocycles. The van der Waals surface area contributed by atoms with Crippen molar-refractivity contribution >= 4 is 22.7 Å². The van der Waals surface area contributed by atoms with Crippen LogP contribution < -0.4 is 5.73 Å². The molecular weight excluding hydrogens is 411 g/mol. The largest absolute Gasteiger partial charge is 0.330 e. The number of amides is 1. The van der Waals surface area contributed by atoms with Gasteiger partial charge in [0, 0.05) is 12.5 Å². The van der Waals surface area contributed by atoms with E-state index in [1.165, 1.54) is 29.8 Å².